The van der Waals surface area contributed by atoms with Gasteiger partial charge in [-0.1, -0.05) is 72.8 Å². The fourth-order valence-corrected chi connectivity index (χ4v) is 3.81. The van der Waals surface area contributed by atoms with Crippen LogP contribution in [0.4, 0.5) is 0 Å². The van der Waals surface area contributed by atoms with Crippen molar-refractivity contribution in [1.29, 1.82) is 0 Å². The summed E-state index contributed by atoms with van der Waals surface area (Å²) in [6.45, 7) is 8.34. The van der Waals surface area contributed by atoms with Crippen LogP contribution in [0.2, 0.25) is 0 Å². The number of ether oxygens (including phenoxy) is 4. The Morgan fingerprint density at radius 3 is 1.31 bits per heavy atom. The first-order chi connectivity index (χ1) is 15.7. The Labute approximate surface area is 189 Å². The molecule has 6 unspecified atom stereocenters. The number of rotatable bonds is 12. The van der Waals surface area contributed by atoms with E-state index in [1.165, 1.54) is 0 Å². The molecule has 2 N–H and O–H groups in total. The maximum Gasteiger partial charge on any atom is 0.116 e. The highest BCUT2D eigenvalue weighted by atomic mass is 16.6. The van der Waals surface area contributed by atoms with Crippen LogP contribution >= 0.6 is 0 Å². The second kappa shape index (κ2) is 12.6. The second-order valence-corrected chi connectivity index (χ2v) is 7.68. The number of aliphatic hydroxyl groups excluding tert-OH is 2. The molecule has 0 aromatic heterocycles. The van der Waals surface area contributed by atoms with Gasteiger partial charge in [-0.2, -0.15) is 0 Å². The Morgan fingerprint density at radius 1 is 0.594 bits per heavy atom. The van der Waals surface area contributed by atoms with Crippen LogP contribution in [0.3, 0.4) is 0 Å². The molecular weight excluding hydrogens is 408 g/mol. The SMILES string of the molecule is C=CCOC1C(O)C(O)C(OCC=C)C(OCc2ccccc2)C1OCc1ccccc1. The molecule has 0 saturated heterocycles. The fraction of sp³-hybridized carbons (Fsp3) is 0.385. The van der Waals surface area contributed by atoms with Crippen LogP contribution in [-0.2, 0) is 32.2 Å². The summed E-state index contributed by atoms with van der Waals surface area (Å²) in [6, 6.07) is 19.4. The van der Waals surface area contributed by atoms with Gasteiger partial charge >= 0.3 is 0 Å². The van der Waals surface area contributed by atoms with Crippen molar-refractivity contribution in [3.8, 4) is 0 Å². The monoisotopic (exact) mass is 440 g/mol. The summed E-state index contributed by atoms with van der Waals surface area (Å²) in [5, 5.41) is 21.7. The van der Waals surface area contributed by atoms with Crippen molar-refractivity contribution < 1.29 is 29.2 Å². The molecule has 1 saturated carbocycles. The summed E-state index contributed by atoms with van der Waals surface area (Å²) in [7, 11) is 0. The molecule has 6 heteroatoms. The molecular formula is C26H32O6. The topological polar surface area (TPSA) is 77.4 Å². The van der Waals surface area contributed by atoms with Gasteiger partial charge in [0.05, 0.1) is 26.4 Å². The molecule has 0 spiro atoms. The molecule has 2 aromatic carbocycles. The van der Waals surface area contributed by atoms with Crippen molar-refractivity contribution in [2.24, 2.45) is 0 Å². The molecule has 3 rings (SSSR count). The minimum Gasteiger partial charge on any atom is -0.387 e. The largest absolute Gasteiger partial charge is 0.387 e. The number of benzene rings is 2. The predicted octanol–water partition coefficient (Wildman–Crippen LogP) is 3.04. The van der Waals surface area contributed by atoms with E-state index in [0.29, 0.717) is 13.2 Å². The third-order valence-corrected chi connectivity index (χ3v) is 5.38. The highest BCUT2D eigenvalue weighted by Crippen LogP contribution is 2.31. The lowest BCUT2D eigenvalue weighted by Gasteiger charge is -2.46. The van der Waals surface area contributed by atoms with Gasteiger partial charge in [-0.3, -0.25) is 0 Å². The van der Waals surface area contributed by atoms with Gasteiger partial charge in [0.15, 0.2) is 0 Å². The molecule has 0 amide bonds. The smallest absolute Gasteiger partial charge is 0.116 e. The maximum absolute atomic E-state index is 10.9. The van der Waals surface area contributed by atoms with Crippen LogP contribution in [0.15, 0.2) is 86.0 Å². The molecule has 2 aromatic rings. The summed E-state index contributed by atoms with van der Waals surface area (Å²) in [5.74, 6) is 0. The Balaban J connectivity index is 1.86. The zero-order chi connectivity index (χ0) is 22.8. The third kappa shape index (κ3) is 6.36. The third-order valence-electron chi connectivity index (χ3n) is 5.38. The first-order valence-electron chi connectivity index (χ1n) is 10.8. The fourth-order valence-electron chi connectivity index (χ4n) is 3.81. The predicted molar refractivity (Wildman–Crippen MR) is 122 cm³/mol. The molecule has 1 aliphatic carbocycles. The van der Waals surface area contributed by atoms with E-state index in [0.717, 1.165) is 11.1 Å². The summed E-state index contributed by atoms with van der Waals surface area (Å²) in [5.41, 5.74) is 1.95. The van der Waals surface area contributed by atoms with Crippen molar-refractivity contribution in [1.82, 2.24) is 0 Å². The van der Waals surface area contributed by atoms with Crippen LogP contribution in [0, 0.1) is 0 Å². The van der Waals surface area contributed by atoms with Gasteiger partial charge in [-0.05, 0) is 11.1 Å². The van der Waals surface area contributed by atoms with E-state index in [9.17, 15) is 10.2 Å². The van der Waals surface area contributed by atoms with Crippen molar-refractivity contribution in [2.45, 2.75) is 49.8 Å². The summed E-state index contributed by atoms with van der Waals surface area (Å²) in [4.78, 5) is 0. The van der Waals surface area contributed by atoms with E-state index in [1.54, 1.807) is 12.2 Å². The van der Waals surface area contributed by atoms with Gasteiger partial charge in [-0.15, -0.1) is 13.2 Å². The highest BCUT2D eigenvalue weighted by molar-refractivity contribution is 5.15. The van der Waals surface area contributed by atoms with Gasteiger partial charge < -0.3 is 29.2 Å². The Hall–Kier alpha value is -2.32. The van der Waals surface area contributed by atoms with E-state index in [4.69, 9.17) is 18.9 Å². The van der Waals surface area contributed by atoms with Crippen molar-refractivity contribution in [2.75, 3.05) is 13.2 Å². The van der Waals surface area contributed by atoms with Crippen molar-refractivity contribution in [3.05, 3.63) is 97.1 Å². The minimum absolute atomic E-state index is 0.198. The van der Waals surface area contributed by atoms with Gasteiger partial charge in [-0.25, -0.2) is 0 Å². The first-order valence-corrected chi connectivity index (χ1v) is 10.8. The molecule has 0 aliphatic heterocycles. The molecule has 0 radical (unpaired) electrons. The Bertz CT molecular complexity index is 742. The van der Waals surface area contributed by atoms with E-state index in [2.05, 4.69) is 13.2 Å². The molecule has 32 heavy (non-hydrogen) atoms. The lowest BCUT2D eigenvalue weighted by molar-refractivity contribution is -0.266. The van der Waals surface area contributed by atoms with E-state index >= 15 is 0 Å². The van der Waals surface area contributed by atoms with Gasteiger partial charge in [0.25, 0.3) is 0 Å². The minimum atomic E-state index is -1.22. The van der Waals surface area contributed by atoms with Gasteiger partial charge in [0.1, 0.15) is 36.6 Å². The van der Waals surface area contributed by atoms with Crippen LogP contribution < -0.4 is 0 Å². The molecule has 6 atom stereocenters. The summed E-state index contributed by atoms with van der Waals surface area (Å²) in [6.07, 6.45) is -2.28. The molecule has 172 valence electrons. The van der Waals surface area contributed by atoms with Crippen molar-refractivity contribution >= 4 is 0 Å². The summed E-state index contributed by atoms with van der Waals surface area (Å²) < 4.78 is 24.2. The van der Waals surface area contributed by atoms with Crippen LogP contribution in [0.1, 0.15) is 11.1 Å². The number of aliphatic hydroxyl groups is 2. The number of hydrogen-bond donors (Lipinski definition) is 2. The number of hydrogen-bond acceptors (Lipinski definition) is 6. The molecule has 0 bridgehead atoms. The van der Waals surface area contributed by atoms with Crippen LogP contribution in [0.25, 0.3) is 0 Å². The quantitative estimate of drug-likeness (QED) is 0.494. The maximum atomic E-state index is 10.9. The molecule has 1 aliphatic rings. The Kier molecular flexibility index (Phi) is 9.62. The average molecular weight is 441 g/mol. The normalized spacial score (nSPS) is 27.7. The molecule has 0 heterocycles. The highest BCUT2D eigenvalue weighted by Gasteiger charge is 2.52. The van der Waals surface area contributed by atoms with Crippen molar-refractivity contribution in [3.63, 3.8) is 0 Å². The molecule has 6 nitrogen and oxygen atoms in total. The lowest BCUT2D eigenvalue weighted by Crippen LogP contribution is -2.66. The van der Waals surface area contributed by atoms with Gasteiger partial charge in [0.2, 0.25) is 0 Å². The van der Waals surface area contributed by atoms with E-state index < -0.39 is 36.6 Å². The van der Waals surface area contributed by atoms with Gasteiger partial charge in [0, 0.05) is 0 Å². The summed E-state index contributed by atoms with van der Waals surface area (Å²) >= 11 is 0. The van der Waals surface area contributed by atoms with Crippen LogP contribution in [-0.4, -0.2) is 60.1 Å². The average Bonchev–Trinajstić information content (AvgIpc) is 2.83. The van der Waals surface area contributed by atoms with Crippen LogP contribution in [0.5, 0.6) is 0 Å². The molecule has 1 fully saturated rings. The standard InChI is InChI=1S/C26H32O6/c1-3-15-29-23-21(27)22(28)24(30-16-4-2)26(32-18-20-13-9-6-10-14-20)25(23)31-17-19-11-7-5-8-12-19/h3-14,21-28H,1-2,15-18H2. The van der Waals surface area contributed by atoms with E-state index in [1.807, 2.05) is 60.7 Å². The second-order valence-electron chi connectivity index (χ2n) is 7.68. The Morgan fingerprint density at radius 2 is 0.969 bits per heavy atom. The first kappa shape index (κ1) is 24.3. The zero-order valence-electron chi connectivity index (χ0n) is 18.2. The van der Waals surface area contributed by atoms with E-state index in [-0.39, 0.29) is 13.2 Å². The lowest BCUT2D eigenvalue weighted by atomic mass is 9.84. The zero-order valence-corrected chi connectivity index (χ0v) is 18.2.